The van der Waals surface area contributed by atoms with Gasteiger partial charge in [0.15, 0.2) is 0 Å². The fraction of sp³-hybridized carbons (Fsp3) is 0.409. The molecule has 2 heterocycles. The van der Waals surface area contributed by atoms with Crippen molar-refractivity contribution >= 4 is 22.0 Å². The number of nitrogens with zero attached hydrogens (tertiary/aromatic N) is 2. The van der Waals surface area contributed by atoms with Gasteiger partial charge in [-0.3, -0.25) is 9.69 Å². The quantitative estimate of drug-likeness (QED) is 0.695. The molecule has 0 bridgehead atoms. The molecule has 1 aliphatic rings. The topological polar surface area (TPSA) is 82.9 Å². The Bertz CT molecular complexity index is 932. The Hall–Kier alpha value is -2.42. The van der Waals surface area contributed by atoms with Crippen LogP contribution >= 0.6 is 0 Å². The van der Waals surface area contributed by atoms with Gasteiger partial charge in [0.25, 0.3) is 0 Å². The maximum atomic E-state index is 12.6. The highest BCUT2D eigenvalue weighted by atomic mass is 32.2. The van der Waals surface area contributed by atoms with E-state index in [0.29, 0.717) is 32.5 Å². The van der Waals surface area contributed by atoms with E-state index in [-0.39, 0.29) is 17.9 Å². The number of sulfonamides is 1. The summed E-state index contributed by atoms with van der Waals surface area (Å²) >= 11 is 0. The molecule has 30 heavy (non-hydrogen) atoms. The van der Waals surface area contributed by atoms with Gasteiger partial charge in [-0.25, -0.2) is 8.42 Å². The minimum Gasteiger partial charge on any atom is -0.468 e. The first-order valence-electron chi connectivity index (χ1n) is 10.1. The van der Waals surface area contributed by atoms with Crippen molar-refractivity contribution in [3.05, 3.63) is 65.5 Å². The van der Waals surface area contributed by atoms with Crippen LogP contribution in [-0.4, -0.2) is 57.3 Å². The zero-order valence-electron chi connectivity index (χ0n) is 17.4. The number of hydrogen-bond donors (Lipinski definition) is 1. The van der Waals surface area contributed by atoms with Gasteiger partial charge in [-0.1, -0.05) is 30.3 Å². The average molecular weight is 432 g/mol. The first kappa shape index (κ1) is 22.3. The third-order valence-electron chi connectivity index (χ3n) is 5.38. The third-order valence-corrected chi connectivity index (χ3v) is 6.95. The lowest BCUT2D eigenvalue weighted by Crippen LogP contribution is -2.43. The van der Waals surface area contributed by atoms with Gasteiger partial charge in [-0.05, 0) is 50.7 Å². The van der Waals surface area contributed by atoms with E-state index in [1.54, 1.807) is 12.3 Å². The van der Waals surface area contributed by atoms with E-state index >= 15 is 0 Å². The molecule has 3 rings (SSSR count). The largest absolute Gasteiger partial charge is 0.468 e. The highest BCUT2D eigenvalue weighted by Crippen LogP contribution is 2.22. The number of rotatable bonds is 8. The Morgan fingerprint density at radius 3 is 2.50 bits per heavy atom. The molecular weight excluding hydrogens is 402 g/mol. The predicted molar refractivity (Wildman–Crippen MR) is 117 cm³/mol. The summed E-state index contributed by atoms with van der Waals surface area (Å²) in [5.74, 6) is 0.575. The van der Waals surface area contributed by atoms with Crippen molar-refractivity contribution in [2.75, 3.05) is 33.7 Å². The SMILES string of the molecule is CN(C)C(CNC(=O)C1CCN(S(=O)(=O)/C=C/c2ccccc2)CC1)c1ccco1. The zero-order chi connectivity index (χ0) is 21.6. The van der Waals surface area contributed by atoms with E-state index in [0.717, 1.165) is 11.3 Å². The predicted octanol–water partition coefficient (Wildman–Crippen LogP) is 2.71. The third kappa shape index (κ3) is 5.81. The van der Waals surface area contributed by atoms with Gasteiger partial charge in [-0.2, -0.15) is 4.31 Å². The van der Waals surface area contributed by atoms with Crippen LogP contribution in [-0.2, 0) is 14.8 Å². The number of likely N-dealkylation sites (N-methyl/N-ethyl adjacent to an activating group) is 1. The van der Waals surface area contributed by atoms with Gasteiger partial charge < -0.3 is 9.73 Å². The van der Waals surface area contributed by atoms with Gasteiger partial charge in [0.1, 0.15) is 5.76 Å². The van der Waals surface area contributed by atoms with Gasteiger partial charge in [0, 0.05) is 31.0 Å². The molecule has 1 saturated heterocycles. The van der Waals surface area contributed by atoms with Crippen LogP contribution in [0, 0.1) is 5.92 Å². The summed E-state index contributed by atoms with van der Waals surface area (Å²) < 4.78 is 32.1. The van der Waals surface area contributed by atoms with Crippen LogP contribution in [0.5, 0.6) is 0 Å². The second kappa shape index (κ2) is 10.1. The van der Waals surface area contributed by atoms with Crippen molar-refractivity contribution in [3.8, 4) is 0 Å². The standard InChI is InChI=1S/C22H29N3O4S/c1-24(2)20(21-9-6-15-29-21)17-23-22(26)19-10-13-25(14-11-19)30(27,28)16-12-18-7-4-3-5-8-18/h3-9,12,15-16,19-20H,10-11,13-14,17H2,1-2H3,(H,23,26)/b16-12+. The lowest BCUT2D eigenvalue weighted by Gasteiger charge is -2.30. The molecule has 0 radical (unpaired) electrons. The molecule has 162 valence electrons. The molecule has 1 aliphatic heterocycles. The van der Waals surface area contributed by atoms with E-state index < -0.39 is 10.0 Å². The van der Waals surface area contributed by atoms with E-state index in [9.17, 15) is 13.2 Å². The highest BCUT2D eigenvalue weighted by molar-refractivity contribution is 7.92. The molecule has 0 spiro atoms. The molecule has 2 aromatic rings. The van der Waals surface area contributed by atoms with Crippen molar-refractivity contribution in [3.63, 3.8) is 0 Å². The van der Waals surface area contributed by atoms with Crippen LogP contribution in [0.3, 0.4) is 0 Å². The number of furan rings is 1. The van der Waals surface area contributed by atoms with E-state index in [1.807, 2.05) is 61.5 Å². The lowest BCUT2D eigenvalue weighted by atomic mass is 9.97. The number of carbonyl (C=O) groups is 1. The smallest absolute Gasteiger partial charge is 0.236 e. The molecule has 1 aromatic carbocycles. The van der Waals surface area contributed by atoms with Crippen molar-refractivity contribution in [2.24, 2.45) is 5.92 Å². The molecule has 7 nitrogen and oxygen atoms in total. The molecule has 0 saturated carbocycles. The number of benzene rings is 1. The van der Waals surface area contributed by atoms with Crippen LogP contribution in [0.1, 0.15) is 30.2 Å². The maximum absolute atomic E-state index is 12.6. The summed E-state index contributed by atoms with van der Waals surface area (Å²) in [7, 11) is 0.377. The maximum Gasteiger partial charge on any atom is 0.236 e. The van der Waals surface area contributed by atoms with Gasteiger partial charge >= 0.3 is 0 Å². The van der Waals surface area contributed by atoms with Crippen molar-refractivity contribution in [1.29, 1.82) is 0 Å². The Kier molecular flexibility index (Phi) is 7.47. The molecule has 1 atom stereocenters. The van der Waals surface area contributed by atoms with E-state index in [4.69, 9.17) is 4.42 Å². The normalized spacial score (nSPS) is 17.4. The summed E-state index contributed by atoms with van der Waals surface area (Å²) in [4.78, 5) is 14.6. The monoisotopic (exact) mass is 431 g/mol. The number of nitrogens with one attached hydrogen (secondary N) is 1. The fourth-order valence-electron chi connectivity index (χ4n) is 3.55. The number of hydrogen-bond acceptors (Lipinski definition) is 5. The molecule has 1 amide bonds. The molecule has 1 fully saturated rings. The fourth-order valence-corrected chi connectivity index (χ4v) is 4.77. The van der Waals surface area contributed by atoms with Crippen molar-refractivity contribution in [1.82, 2.24) is 14.5 Å². The minimum atomic E-state index is -3.50. The molecule has 1 unspecified atom stereocenters. The first-order valence-corrected chi connectivity index (χ1v) is 11.6. The lowest BCUT2D eigenvalue weighted by molar-refractivity contribution is -0.126. The van der Waals surface area contributed by atoms with Crippen LogP contribution in [0.15, 0.2) is 58.6 Å². The summed E-state index contributed by atoms with van der Waals surface area (Å²) in [5.41, 5.74) is 0.836. The Morgan fingerprint density at radius 2 is 1.90 bits per heavy atom. The summed E-state index contributed by atoms with van der Waals surface area (Å²) in [6, 6.07) is 13.0. The molecule has 8 heteroatoms. The Balaban J connectivity index is 1.51. The number of amides is 1. The molecule has 0 aliphatic carbocycles. The molecule has 1 N–H and O–H groups in total. The van der Waals surface area contributed by atoms with Crippen molar-refractivity contribution < 1.29 is 17.6 Å². The first-order chi connectivity index (χ1) is 14.4. The number of carbonyl (C=O) groups excluding carboxylic acids is 1. The van der Waals surface area contributed by atoms with E-state index in [2.05, 4.69) is 5.32 Å². The van der Waals surface area contributed by atoms with Crippen LogP contribution in [0.2, 0.25) is 0 Å². The summed E-state index contributed by atoms with van der Waals surface area (Å²) in [6.45, 7) is 1.13. The van der Waals surface area contributed by atoms with Crippen LogP contribution in [0.25, 0.3) is 6.08 Å². The molecule has 1 aromatic heterocycles. The molecular formula is C22H29N3O4S. The summed E-state index contributed by atoms with van der Waals surface area (Å²) in [6.07, 6.45) is 4.25. The second-order valence-corrected chi connectivity index (χ2v) is 9.49. The van der Waals surface area contributed by atoms with Crippen molar-refractivity contribution in [2.45, 2.75) is 18.9 Å². The zero-order valence-corrected chi connectivity index (χ0v) is 18.2. The van der Waals surface area contributed by atoms with Gasteiger partial charge in [0.2, 0.25) is 15.9 Å². The Morgan fingerprint density at radius 1 is 1.20 bits per heavy atom. The second-order valence-electron chi connectivity index (χ2n) is 7.67. The van der Waals surface area contributed by atoms with Gasteiger partial charge in [-0.15, -0.1) is 0 Å². The van der Waals surface area contributed by atoms with E-state index in [1.165, 1.54) is 9.71 Å². The number of piperidine rings is 1. The van der Waals surface area contributed by atoms with Crippen LogP contribution < -0.4 is 5.32 Å². The minimum absolute atomic E-state index is 0.0368. The highest BCUT2D eigenvalue weighted by Gasteiger charge is 2.30. The van der Waals surface area contributed by atoms with Crippen LogP contribution in [0.4, 0.5) is 0 Å². The van der Waals surface area contributed by atoms with Gasteiger partial charge in [0.05, 0.1) is 12.3 Å². The Labute approximate surface area is 178 Å². The summed E-state index contributed by atoms with van der Waals surface area (Å²) in [5, 5.41) is 4.24. The average Bonchev–Trinajstić information content (AvgIpc) is 3.27.